The van der Waals surface area contributed by atoms with Crippen molar-refractivity contribution in [1.29, 1.82) is 0 Å². The lowest BCUT2D eigenvalue weighted by atomic mass is 10.2. The minimum absolute atomic E-state index is 0.118. The van der Waals surface area contributed by atoms with Gasteiger partial charge < -0.3 is 15.1 Å². The number of aryl methyl sites for hydroxylation is 1. The highest BCUT2D eigenvalue weighted by Crippen LogP contribution is 2.17. The number of benzene rings is 1. The predicted octanol–water partition coefficient (Wildman–Crippen LogP) is 1.82. The van der Waals surface area contributed by atoms with Crippen molar-refractivity contribution < 1.29 is 14.0 Å². The zero-order valence-corrected chi connectivity index (χ0v) is 13.9. The van der Waals surface area contributed by atoms with Crippen LogP contribution in [0.2, 0.25) is 0 Å². The SMILES string of the molecule is O=C(CCc1nnc(-c2ccccc2)o1)NCC(=O)Nc1cccnc1. The third kappa shape index (κ3) is 4.97. The van der Waals surface area contributed by atoms with Crippen molar-refractivity contribution in [2.24, 2.45) is 0 Å². The molecule has 0 fully saturated rings. The summed E-state index contributed by atoms with van der Waals surface area (Å²) in [4.78, 5) is 27.5. The number of hydrogen-bond donors (Lipinski definition) is 2. The Hall–Kier alpha value is -3.55. The van der Waals surface area contributed by atoms with Crippen molar-refractivity contribution in [3.05, 3.63) is 60.7 Å². The molecule has 132 valence electrons. The first-order valence-corrected chi connectivity index (χ1v) is 8.05. The largest absolute Gasteiger partial charge is 0.421 e. The number of amides is 2. The highest BCUT2D eigenvalue weighted by molar-refractivity contribution is 5.94. The second-order valence-corrected chi connectivity index (χ2v) is 5.43. The van der Waals surface area contributed by atoms with Gasteiger partial charge in [-0.15, -0.1) is 10.2 Å². The molecule has 3 aromatic rings. The number of nitrogens with zero attached hydrogens (tertiary/aromatic N) is 3. The monoisotopic (exact) mass is 351 g/mol. The van der Waals surface area contributed by atoms with Crippen LogP contribution in [0, 0.1) is 0 Å². The molecular formula is C18H17N5O3. The van der Waals surface area contributed by atoms with Gasteiger partial charge in [0.05, 0.1) is 18.4 Å². The zero-order valence-electron chi connectivity index (χ0n) is 13.9. The fourth-order valence-electron chi connectivity index (χ4n) is 2.18. The molecule has 8 nitrogen and oxygen atoms in total. The van der Waals surface area contributed by atoms with Gasteiger partial charge in [-0.3, -0.25) is 14.6 Å². The van der Waals surface area contributed by atoms with E-state index in [2.05, 4.69) is 25.8 Å². The van der Waals surface area contributed by atoms with Crippen molar-refractivity contribution in [1.82, 2.24) is 20.5 Å². The summed E-state index contributed by atoms with van der Waals surface area (Å²) in [6.07, 6.45) is 3.59. The summed E-state index contributed by atoms with van der Waals surface area (Å²) in [5.74, 6) is 0.192. The molecule has 2 heterocycles. The smallest absolute Gasteiger partial charge is 0.247 e. The van der Waals surface area contributed by atoms with Gasteiger partial charge in [-0.05, 0) is 24.3 Å². The van der Waals surface area contributed by atoms with E-state index in [9.17, 15) is 9.59 Å². The Labute approximate surface area is 149 Å². The molecule has 2 N–H and O–H groups in total. The van der Waals surface area contributed by atoms with Gasteiger partial charge in [0.2, 0.25) is 23.6 Å². The number of rotatable bonds is 7. The predicted molar refractivity (Wildman–Crippen MR) is 93.9 cm³/mol. The van der Waals surface area contributed by atoms with Crippen molar-refractivity contribution in [3.8, 4) is 11.5 Å². The first-order valence-electron chi connectivity index (χ1n) is 8.05. The molecule has 0 saturated heterocycles. The molecule has 2 amide bonds. The van der Waals surface area contributed by atoms with Gasteiger partial charge in [0.1, 0.15) is 0 Å². The average Bonchev–Trinajstić information content (AvgIpc) is 3.15. The van der Waals surface area contributed by atoms with E-state index in [0.29, 0.717) is 23.9 Å². The number of carbonyl (C=O) groups excluding carboxylic acids is 2. The van der Waals surface area contributed by atoms with E-state index in [1.54, 1.807) is 18.3 Å². The van der Waals surface area contributed by atoms with Gasteiger partial charge in [-0.1, -0.05) is 18.2 Å². The van der Waals surface area contributed by atoms with Crippen LogP contribution in [-0.4, -0.2) is 33.5 Å². The summed E-state index contributed by atoms with van der Waals surface area (Å²) >= 11 is 0. The molecule has 3 rings (SSSR count). The van der Waals surface area contributed by atoms with E-state index in [0.717, 1.165) is 5.56 Å². The molecule has 0 spiro atoms. The van der Waals surface area contributed by atoms with E-state index < -0.39 is 0 Å². The molecule has 0 aliphatic carbocycles. The highest BCUT2D eigenvalue weighted by atomic mass is 16.4. The maximum absolute atomic E-state index is 11.9. The van der Waals surface area contributed by atoms with Gasteiger partial charge in [0.15, 0.2) is 0 Å². The Morgan fingerprint density at radius 2 is 1.85 bits per heavy atom. The molecule has 0 aliphatic rings. The lowest BCUT2D eigenvalue weighted by Crippen LogP contribution is -2.33. The summed E-state index contributed by atoms with van der Waals surface area (Å²) in [5.41, 5.74) is 1.40. The normalized spacial score (nSPS) is 10.3. The van der Waals surface area contributed by atoms with Crippen molar-refractivity contribution in [2.75, 3.05) is 11.9 Å². The average molecular weight is 351 g/mol. The summed E-state index contributed by atoms with van der Waals surface area (Å²) < 4.78 is 5.54. The third-order valence-electron chi connectivity index (χ3n) is 3.44. The number of carbonyl (C=O) groups is 2. The number of nitrogens with one attached hydrogen (secondary N) is 2. The molecule has 0 saturated carbocycles. The molecule has 0 radical (unpaired) electrons. The number of pyridine rings is 1. The quantitative estimate of drug-likeness (QED) is 0.672. The van der Waals surface area contributed by atoms with Crippen LogP contribution in [0.5, 0.6) is 0 Å². The Morgan fingerprint density at radius 1 is 1.00 bits per heavy atom. The minimum Gasteiger partial charge on any atom is -0.421 e. The highest BCUT2D eigenvalue weighted by Gasteiger charge is 2.11. The lowest BCUT2D eigenvalue weighted by Gasteiger charge is -2.05. The molecule has 26 heavy (non-hydrogen) atoms. The van der Waals surface area contributed by atoms with Crippen molar-refractivity contribution >= 4 is 17.5 Å². The van der Waals surface area contributed by atoms with Gasteiger partial charge in [0, 0.05) is 24.6 Å². The van der Waals surface area contributed by atoms with Crippen LogP contribution in [0.15, 0.2) is 59.3 Å². The Kier molecular flexibility index (Phi) is 5.66. The molecular weight excluding hydrogens is 334 g/mol. The third-order valence-corrected chi connectivity index (χ3v) is 3.44. The standard InChI is InChI=1S/C18H17N5O3/c24-15(20-12-16(25)21-14-7-4-10-19-11-14)8-9-17-22-23-18(26-17)13-5-2-1-3-6-13/h1-7,10-11H,8-9,12H2,(H,20,24)(H,21,25). The number of hydrogen-bond acceptors (Lipinski definition) is 6. The molecule has 8 heteroatoms. The Morgan fingerprint density at radius 3 is 2.62 bits per heavy atom. The van der Waals surface area contributed by atoms with Crippen molar-refractivity contribution in [3.63, 3.8) is 0 Å². The first-order chi connectivity index (χ1) is 12.7. The zero-order chi connectivity index (χ0) is 18.2. The van der Waals surface area contributed by atoms with Crippen LogP contribution in [0.1, 0.15) is 12.3 Å². The number of anilines is 1. The van der Waals surface area contributed by atoms with Crippen LogP contribution >= 0.6 is 0 Å². The van der Waals surface area contributed by atoms with Crippen LogP contribution in [0.25, 0.3) is 11.5 Å². The van der Waals surface area contributed by atoms with Crippen LogP contribution < -0.4 is 10.6 Å². The maximum atomic E-state index is 11.9. The van der Waals surface area contributed by atoms with E-state index in [-0.39, 0.29) is 24.8 Å². The summed E-state index contributed by atoms with van der Waals surface area (Å²) in [6.45, 7) is -0.118. The molecule has 0 atom stereocenters. The first kappa shape index (κ1) is 17.3. The summed E-state index contributed by atoms with van der Waals surface area (Å²) in [7, 11) is 0. The number of aromatic nitrogens is 3. The van der Waals surface area contributed by atoms with Gasteiger partial charge in [-0.2, -0.15) is 0 Å². The van der Waals surface area contributed by atoms with Crippen molar-refractivity contribution in [2.45, 2.75) is 12.8 Å². The maximum Gasteiger partial charge on any atom is 0.247 e. The fraction of sp³-hybridized carbons (Fsp3) is 0.167. The fourth-order valence-corrected chi connectivity index (χ4v) is 2.18. The van der Waals surface area contributed by atoms with Crippen LogP contribution in [0.3, 0.4) is 0 Å². The van der Waals surface area contributed by atoms with E-state index in [4.69, 9.17) is 4.42 Å². The lowest BCUT2D eigenvalue weighted by molar-refractivity contribution is -0.124. The van der Waals surface area contributed by atoms with Gasteiger partial charge in [0.25, 0.3) is 0 Å². The molecule has 0 bridgehead atoms. The molecule has 0 aliphatic heterocycles. The molecule has 1 aromatic carbocycles. The van der Waals surface area contributed by atoms with Crippen LogP contribution in [0.4, 0.5) is 5.69 Å². The second kappa shape index (κ2) is 8.52. The van der Waals surface area contributed by atoms with Gasteiger partial charge in [-0.25, -0.2) is 0 Å². The second-order valence-electron chi connectivity index (χ2n) is 5.43. The molecule has 0 unspecified atom stereocenters. The Bertz CT molecular complexity index is 865. The van der Waals surface area contributed by atoms with E-state index >= 15 is 0 Å². The minimum atomic E-state index is -0.324. The Balaban J connectivity index is 1.42. The van der Waals surface area contributed by atoms with E-state index in [1.165, 1.54) is 6.20 Å². The topological polar surface area (TPSA) is 110 Å². The summed E-state index contributed by atoms with van der Waals surface area (Å²) in [6, 6.07) is 12.8. The van der Waals surface area contributed by atoms with E-state index in [1.807, 2.05) is 30.3 Å². The summed E-state index contributed by atoms with van der Waals surface area (Å²) in [5, 5.41) is 13.1. The van der Waals surface area contributed by atoms with Gasteiger partial charge >= 0.3 is 0 Å². The van der Waals surface area contributed by atoms with Crippen LogP contribution in [-0.2, 0) is 16.0 Å². The molecule has 2 aromatic heterocycles.